The summed E-state index contributed by atoms with van der Waals surface area (Å²) in [5, 5.41) is 22.2. The van der Waals surface area contributed by atoms with Gasteiger partial charge < -0.3 is 29.2 Å². The highest BCUT2D eigenvalue weighted by atomic mass is 35.5. The van der Waals surface area contributed by atoms with Crippen LogP contribution < -0.4 is 9.47 Å². The van der Waals surface area contributed by atoms with E-state index in [1.165, 1.54) is 0 Å². The van der Waals surface area contributed by atoms with E-state index in [-0.39, 0.29) is 37.7 Å². The predicted octanol–water partition coefficient (Wildman–Crippen LogP) is 8.77. The maximum atomic E-state index is 12.3. The number of carbonyl (C=O) groups is 2. The van der Waals surface area contributed by atoms with Crippen molar-refractivity contribution in [3.63, 3.8) is 0 Å². The van der Waals surface area contributed by atoms with E-state index in [1.807, 2.05) is 58.9 Å². The summed E-state index contributed by atoms with van der Waals surface area (Å²) in [5.74, 6) is -0.0280. The van der Waals surface area contributed by atoms with Gasteiger partial charge >= 0.3 is 11.9 Å². The van der Waals surface area contributed by atoms with Crippen LogP contribution in [0.3, 0.4) is 0 Å². The maximum Gasteiger partial charge on any atom is 0.333 e. The SMILES string of the molecule is C=C(C)C(=O)OCC(O)C[C@@H](CC)Oc1c(C)cc(C(C)(C)c2cc(C)c(OCC(O)CC(CC)(CC)OC(=O)C(=C)C)c(Cl)c2)cc1Cl. The number of ether oxygens (including phenoxy) is 4. The van der Waals surface area contributed by atoms with Gasteiger partial charge in [0.25, 0.3) is 0 Å². The van der Waals surface area contributed by atoms with Crippen molar-refractivity contribution in [3.05, 3.63) is 80.9 Å². The monoisotopic (exact) mass is 720 g/mol. The van der Waals surface area contributed by atoms with Crippen molar-refractivity contribution < 1.29 is 38.7 Å². The van der Waals surface area contributed by atoms with Crippen LogP contribution in [0.2, 0.25) is 10.0 Å². The number of halogens is 2. The molecule has 2 unspecified atom stereocenters. The minimum absolute atomic E-state index is 0.0264. The van der Waals surface area contributed by atoms with E-state index in [0.717, 1.165) is 22.3 Å². The highest BCUT2D eigenvalue weighted by Gasteiger charge is 2.34. The summed E-state index contributed by atoms with van der Waals surface area (Å²) < 4.78 is 23.1. The molecule has 0 fully saturated rings. The van der Waals surface area contributed by atoms with Crippen LogP contribution in [0.25, 0.3) is 0 Å². The van der Waals surface area contributed by atoms with E-state index in [2.05, 4.69) is 27.0 Å². The quantitative estimate of drug-likeness (QED) is 0.109. The zero-order chi connectivity index (χ0) is 37.3. The van der Waals surface area contributed by atoms with Gasteiger partial charge in [0.05, 0.1) is 22.3 Å². The molecule has 8 nitrogen and oxygen atoms in total. The Bertz CT molecular complexity index is 1450. The normalized spacial score (nSPS) is 13.7. The molecular formula is C39H54Cl2O8. The molecule has 0 saturated carbocycles. The minimum Gasteiger partial charge on any atom is -0.489 e. The highest BCUT2D eigenvalue weighted by Crippen LogP contribution is 2.42. The largest absolute Gasteiger partial charge is 0.489 e. The molecule has 3 atom stereocenters. The number of hydrogen-bond donors (Lipinski definition) is 2. The Morgan fingerprint density at radius 3 is 1.78 bits per heavy atom. The smallest absolute Gasteiger partial charge is 0.333 e. The fraction of sp³-hybridized carbons (Fsp3) is 0.538. The first-order valence-corrected chi connectivity index (χ1v) is 17.5. The first-order valence-electron chi connectivity index (χ1n) is 16.8. The van der Waals surface area contributed by atoms with Crippen molar-refractivity contribution in [1.82, 2.24) is 0 Å². The highest BCUT2D eigenvalue weighted by molar-refractivity contribution is 6.32. The number of aliphatic hydroxyl groups excluding tert-OH is 2. The lowest BCUT2D eigenvalue weighted by atomic mass is 9.77. The van der Waals surface area contributed by atoms with Crippen molar-refractivity contribution in [2.45, 2.75) is 124 Å². The number of esters is 2. The lowest BCUT2D eigenvalue weighted by molar-refractivity contribution is -0.159. The molecule has 272 valence electrons. The van der Waals surface area contributed by atoms with Gasteiger partial charge in [-0.25, -0.2) is 9.59 Å². The Balaban J connectivity index is 2.21. The molecule has 2 N–H and O–H groups in total. The molecule has 2 aromatic rings. The van der Waals surface area contributed by atoms with Crippen LogP contribution in [-0.4, -0.2) is 59.3 Å². The summed E-state index contributed by atoms with van der Waals surface area (Å²) in [4.78, 5) is 23.9. The van der Waals surface area contributed by atoms with Gasteiger partial charge in [-0.2, -0.15) is 0 Å². The molecular weight excluding hydrogens is 667 g/mol. The van der Waals surface area contributed by atoms with E-state index in [9.17, 15) is 19.8 Å². The number of aryl methyl sites for hydroxylation is 2. The molecule has 0 radical (unpaired) electrons. The van der Waals surface area contributed by atoms with Crippen LogP contribution in [-0.2, 0) is 24.5 Å². The molecule has 0 heterocycles. The topological polar surface area (TPSA) is 112 Å². The lowest BCUT2D eigenvalue weighted by Gasteiger charge is -2.33. The molecule has 0 amide bonds. The van der Waals surface area contributed by atoms with Gasteiger partial charge in [-0.15, -0.1) is 0 Å². The third kappa shape index (κ3) is 11.5. The second-order valence-corrected chi connectivity index (χ2v) is 14.3. The summed E-state index contributed by atoms with van der Waals surface area (Å²) >= 11 is 13.6. The molecule has 0 spiro atoms. The Morgan fingerprint density at radius 2 is 1.33 bits per heavy atom. The van der Waals surface area contributed by atoms with E-state index in [1.54, 1.807) is 13.8 Å². The van der Waals surface area contributed by atoms with Crippen LogP contribution in [0.5, 0.6) is 11.5 Å². The standard InChI is InChI=1S/C39H54Cl2O8/c1-12-31(19-29(42)21-47-36(44)23(4)5)48-35-26(9)16-28(18-33(35)41)38(10,11)27-15-25(8)34(32(40)17-27)46-22-30(43)20-39(13-2,14-3)49-37(45)24(6)7/h15-18,29-31,42-43H,4,6,12-14,19-22H2,1-3,5,7-11H3/t29?,30?,31-/m1/s1. The fourth-order valence-corrected chi connectivity index (χ4v) is 6.12. The zero-order valence-corrected chi connectivity index (χ0v) is 32.0. The fourth-order valence-electron chi connectivity index (χ4n) is 5.49. The third-order valence-corrected chi connectivity index (χ3v) is 9.47. The Morgan fingerprint density at radius 1 is 0.816 bits per heavy atom. The van der Waals surface area contributed by atoms with Crippen LogP contribution in [0.1, 0.15) is 103 Å². The summed E-state index contributed by atoms with van der Waals surface area (Å²) in [6.45, 7) is 23.9. The molecule has 2 rings (SSSR count). The summed E-state index contributed by atoms with van der Waals surface area (Å²) in [6.07, 6.45) is 0.00286. The summed E-state index contributed by atoms with van der Waals surface area (Å²) in [7, 11) is 0. The van der Waals surface area contributed by atoms with Crippen LogP contribution in [0, 0.1) is 13.8 Å². The van der Waals surface area contributed by atoms with Gasteiger partial charge in [0, 0.05) is 29.4 Å². The first-order chi connectivity index (χ1) is 22.8. The number of aliphatic hydroxyl groups is 2. The molecule has 0 saturated heterocycles. The molecule has 49 heavy (non-hydrogen) atoms. The van der Waals surface area contributed by atoms with E-state index >= 15 is 0 Å². The Kier molecular flexibility index (Phi) is 15.7. The van der Waals surface area contributed by atoms with Crippen LogP contribution in [0.15, 0.2) is 48.6 Å². The molecule has 0 aliphatic heterocycles. The average Bonchev–Trinajstić information content (AvgIpc) is 3.03. The number of carbonyl (C=O) groups excluding carboxylic acids is 2. The Labute approximate surface area is 302 Å². The van der Waals surface area contributed by atoms with Crippen molar-refractivity contribution in [3.8, 4) is 11.5 Å². The van der Waals surface area contributed by atoms with Crippen molar-refractivity contribution in [2.24, 2.45) is 0 Å². The van der Waals surface area contributed by atoms with Gasteiger partial charge in [0.15, 0.2) is 0 Å². The zero-order valence-electron chi connectivity index (χ0n) is 30.5. The van der Waals surface area contributed by atoms with Gasteiger partial charge in [-0.05, 0) is 81.3 Å². The second-order valence-electron chi connectivity index (χ2n) is 13.5. The second kappa shape index (κ2) is 18.3. The van der Waals surface area contributed by atoms with Crippen molar-refractivity contribution in [2.75, 3.05) is 13.2 Å². The molecule has 0 aliphatic carbocycles. The van der Waals surface area contributed by atoms with E-state index in [4.69, 9.17) is 42.1 Å². The number of benzene rings is 2. The van der Waals surface area contributed by atoms with Crippen LogP contribution in [0.4, 0.5) is 0 Å². The molecule has 0 aliphatic rings. The predicted molar refractivity (Wildman–Crippen MR) is 196 cm³/mol. The Hall–Kier alpha value is -3.04. The minimum atomic E-state index is -0.902. The first kappa shape index (κ1) is 42.1. The van der Waals surface area contributed by atoms with Gasteiger partial charge in [0.2, 0.25) is 0 Å². The summed E-state index contributed by atoms with van der Waals surface area (Å²) in [5.41, 5.74) is 2.75. The number of rotatable bonds is 19. The number of hydrogen-bond acceptors (Lipinski definition) is 8. The van der Waals surface area contributed by atoms with E-state index < -0.39 is 35.2 Å². The maximum absolute atomic E-state index is 12.3. The van der Waals surface area contributed by atoms with Gasteiger partial charge in [-0.1, -0.05) is 83.1 Å². The lowest BCUT2D eigenvalue weighted by Crippen LogP contribution is -2.39. The average molecular weight is 722 g/mol. The third-order valence-electron chi connectivity index (χ3n) is 8.91. The molecule has 10 heteroatoms. The summed E-state index contributed by atoms with van der Waals surface area (Å²) in [6, 6.07) is 7.76. The van der Waals surface area contributed by atoms with Gasteiger partial charge in [-0.3, -0.25) is 0 Å². The van der Waals surface area contributed by atoms with Crippen LogP contribution >= 0.6 is 23.2 Å². The van der Waals surface area contributed by atoms with Gasteiger partial charge in [0.1, 0.15) is 36.4 Å². The molecule has 0 aromatic heterocycles. The van der Waals surface area contributed by atoms with Crippen molar-refractivity contribution in [1.29, 1.82) is 0 Å². The van der Waals surface area contributed by atoms with Crippen molar-refractivity contribution >= 4 is 35.1 Å². The molecule has 2 aromatic carbocycles. The molecule has 0 bridgehead atoms. The van der Waals surface area contributed by atoms with E-state index in [0.29, 0.717) is 46.4 Å².